The molecule has 1 aromatic rings. The second-order valence-electron chi connectivity index (χ2n) is 4.93. The number of rotatable bonds is 2. The Hall–Kier alpha value is -1.43. The lowest BCUT2D eigenvalue weighted by molar-refractivity contribution is -0.148. The van der Waals surface area contributed by atoms with E-state index < -0.39 is 5.54 Å². The minimum absolute atomic E-state index is 0.00126. The molecule has 0 atom stereocenters. The van der Waals surface area contributed by atoms with Gasteiger partial charge in [0.25, 0.3) is 0 Å². The molecule has 1 N–H and O–H groups in total. The summed E-state index contributed by atoms with van der Waals surface area (Å²) in [6.07, 6.45) is 1.31. The number of hydrogen-bond donors (Lipinski definition) is 1. The molecule has 2 amide bonds. The van der Waals surface area contributed by atoms with Crippen molar-refractivity contribution in [3.05, 3.63) is 34.1 Å². The molecule has 6 heteroatoms. The van der Waals surface area contributed by atoms with Gasteiger partial charge < -0.3 is 10.2 Å². The molecule has 1 aromatic carbocycles. The number of benzene rings is 1. The van der Waals surface area contributed by atoms with E-state index >= 15 is 0 Å². The molecule has 2 aliphatic rings. The number of nitrogens with zero attached hydrogens (tertiary/aromatic N) is 1. The molecule has 0 unspecified atom stereocenters. The Bertz CT molecular complexity index is 572. The molecule has 4 nitrogen and oxygen atoms in total. The Kier molecular flexibility index (Phi) is 2.85. The van der Waals surface area contributed by atoms with Crippen molar-refractivity contribution in [3.63, 3.8) is 0 Å². The molecular weight excluding hydrogens is 315 g/mol. The normalized spacial score (nSPS) is 20.6. The SMILES string of the molecule is O=C1CNC(=O)C2(CC2)N1Cc1ccc(Br)cc1F. The summed E-state index contributed by atoms with van der Waals surface area (Å²) in [7, 11) is 0. The summed E-state index contributed by atoms with van der Waals surface area (Å²) in [5, 5.41) is 2.59. The highest BCUT2D eigenvalue weighted by Crippen LogP contribution is 2.44. The van der Waals surface area contributed by atoms with E-state index in [1.54, 1.807) is 12.1 Å². The van der Waals surface area contributed by atoms with Gasteiger partial charge in [-0.25, -0.2) is 4.39 Å². The van der Waals surface area contributed by atoms with E-state index in [0.29, 0.717) is 22.9 Å². The van der Waals surface area contributed by atoms with Gasteiger partial charge in [0.05, 0.1) is 6.54 Å². The van der Waals surface area contributed by atoms with Crippen LogP contribution < -0.4 is 5.32 Å². The Labute approximate surface area is 118 Å². The third-order valence-electron chi connectivity index (χ3n) is 3.71. The van der Waals surface area contributed by atoms with Crippen LogP contribution in [0.1, 0.15) is 18.4 Å². The van der Waals surface area contributed by atoms with Gasteiger partial charge in [0.15, 0.2) is 0 Å². The van der Waals surface area contributed by atoms with Crippen molar-refractivity contribution >= 4 is 27.7 Å². The van der Waals surface area contributed by atoms with Crippen molar-refractivity contribution in [2.75, 3.05) is 6.54 Å². The predicted molar refractivity (Wildman–Crippen MR) is 69.6 cm³/mol. The molecule has 100 valence electrons. The Morgan fingerprint density at radius 1 is 1.37 bits per heavy atom. The maximum Gasteiger partial charge on any atom is 0.246 e. The minimum atomic E-state index is -0.727. The van der Waals surface area contributed by atoms with Crippen molar-refractivity contribution in [3.8, 4) is 0 Å². The largest absolute Gasteiger partial charge is 0.345 e. The number of hydrogen-bond acceptors (Lipinski definition) is 2. The van der Waals surface area contributed by atoms with Crippen LogP contribution in [-0.4, -0.2) is 28.8 Å². The molecule has 1 saturated carbocycles. The maximum absolute atomic E-state index is 13.8. The van der Waals surface area contributed by atoms with Gasteiger partial charge in [0.2, 0.25) is 11.8 Å². The van der Waals surface area contributed by atoms with Gasteiger partial charge in [0, 0.05) is 16.6 Å². The number of carbonyl (C=O) groups excluding carboxylic acids is 2. The molecule has 1 aliphatic carbocycles. The molecule has 1 aliphatic heterocycles. The number of amides is 2. The number of piperazine rings is 1. The number of nitrogens with one attached hydrogen (secondary N) is 1. The molecule has 1 spiro atoms. The average molecular weight is 327 g/mol. The lowest BCUT2D eigenvalue weighted by Crippen LogP contribution is -2.59. The highest BCUT2D eigenvalue weighted by Gasteiger charge is 2.58. The molecule has 1 heterocycles. The smallest absolute Gasteiger partial charge is 0.246 e. The lowest BCUT2D eigenvalue weighted by Gasteiger charge is -2.35. The standard InChI is InChI=1S/C13H12BrFN2O2/c14-9-2-1-8(10(15)5-9)7-17-11(18)6-16-12(19)13(17)3-4-13/h1-2,5H,3-4,6-7H2,(H,16,19). The summed E-state index contributed by atoms with van der Waals surface area (Å²) in [4.78, 5) is 25.3. The summed E-state index contributed by atoms with van der Waals surface area (Å²) >= 11 is 3.19. The zero-order valence-corrected chi connectivity index (χ0v) is 11.7. The first-order valence-electron chi connectivity index (χ1n) is 6.06. The topological polar surface area (TPSA) is 49.4 Å². The van der Waals surface area contributed by atoms with E-state index in [0.717, 1.165) is 0 Å². The Balaban J connectivity index is 1.89. The van der Waals surface area contributed by atoms with E-state index in [4.69, 9.17) is 0 Å². The number of halogens is 2. The van der Waals surface area contributed by atoms with Gasteiger partial charge in [-0.05, 0) is 25.0 Å². The fraction of sp³-hybridized carbons (Fsp3) is 0.385. The molecule has 1 saturated heterocycles. The molecular formula is C13H12BrFN2O2. The van der Waals surface area contributed by atoms with Crippen LogP contribution in [0.4, 0.5) is 4.39 Å². The van der Waals surface area contributed by atoms with Crippen molar-refractivity contribution in [2.24, 2.45) is 0 Å². The first-order chi connectivity index (χ1) is 9.03. The van der Waals surface area contributed by atoms with Crippen LogP contribution in [0.2, 0.25) is 0 Å². The third-order valence-corrected chi connectivity index (χ3v) is 4.20. The lowest BCUT2D eigenvalue weighted by atomic mass is 10.1. The van der Waals surface area contributed by atoms with Crippen LogP contribution in [-0.2, 0) is 16.1 Å². The summed E-state index contributed by atoms with van der Waals surface area (Å²) < 4.78 is 14.5. The van der Waals surface area contributed by atoms with Crippen LogP contribution >= 0.6 is 15.9 Å². The van der Waals surface area contributed by atoms with Gasteiger partial charge in [-0.2, -0.15) is 0 Å². The zero-order chi connectivity index (χ0) is 13.6. The maximum atomic E-state index is 13.8. The highest BCUT2D eigenvalue weighted by atomic mass is 79.9. The van der Waals surface area contributed by atoms with Crippen LogP contribution in [0, 0.1) is 5.82 Å². The first kappa shape index (κ1) is 12.6. The average Bonchev–Trinajstić information content (AvgIpc) is 3.14. The molecule has 0 bridgehead atoms. The quantitative estimate of drug-likeness (QED) is 0.897. The van der Waals surface area contributed by atoms with E-state index in [-0.39, 0.29) is 30.7 Å². The summed E-state index contributed by atoms with van der Waals surface area (Å²) in [6, 6.07) is 4.73. The first-order valence-corrected chi connectivity index (χ1v) is 6.85. The number of carbonyl (C=O) groups is 2. The molecule has 2 fully saturated rings. The van der Waals surface area contributed by atoms with Gasteiger partial charge in [0.1, 0.15) is 11.4 Å². The van der Waals surface area contributed by atoms with E-state index in [2.05, 4.69) is 21.2 Å². The van der Waals surface area contributed by atoms with Crippen molar-refractivity contribution in [2.45, 2.75) is 24.9 Å². The Morgan fingerprint density at radius 2 is 2.11 bits per heavy atom. The van der Waals surface area contributed by atoms with E-state index in [1.807, 2.05) is 0 Å². The van der Waals surface area contributed by atoms with Gasteiger partial charge in [-0.3, -0.25) is 9.59 Å². The van der Waals surface area contributed by atoms with Crippen LogP contribution in [0.5, 0.6) is 0 Å². The van der Waals surface area contributed by atoms with Crippen LogP contribution in [0.15, 0.2) is 22.7 Å². The van der Waals surface area contributed by atoms with E-state index in [9.17, 15) is 14.0 Å². The second-order valence-corrected chi connectivity index (χ2v) is 5.85. The molecule has 0 radical (unpaired) electrons. The monoisotopic (exact) mass is 326 g/mol. The second kappa shape index (κ2) is 4.30. The molecule has 3 rings (SSSR count). The zero-order valence-electron chi connectivity index (χ0n) is 10.1. The van der Waals surface area contributed by atoms with Crippen LogP contribution in [0.25, 0.3) is 0 Å². The van der Waals surface area contributed by atoms with Crippen molar-refractivity contribution in [1.82, 2.24) is 10.2 Å². The highest BCUT2D eigenvalue weighted by molar-refractivity contribution is 9.10. The van der Waals surface area contributed by atoms with Gasteiger partial charge in [-0.15, -0.1) is 0 Å². The van der Waals surface area contributed by atoms with E-state index in [1.165, 1.54) is 11.0 Å². The van der Waals surface area contributed by atoms with Gasteiger partial charge in [-0.1, -0.05) is 22.0 Å². The third kappa shape index (κ3) is 2.04. The van der Waals surface area contributed by atoms with Crippen LogP contribution in [0.3, 0.4) is 0 Å². The summed E-state index contributed by atoms with van der Waals surface area (Å²) in [6.45, 7) is 0.143. The fourth-order valence-electron chi connectivity index (χ4n) is 2.45. The molecule has 19 heavy (non-hydrogen) atoms. The summed E-state index contributed by atoms with van der Waals surface area (Å²) in [5.41, 5.74) is -0.299. The summed E-state index contributed by atoms with van der Waals surface area (Å²) in [5.74, 6) is -0.645. The van der Waals surface area contributed by atoms with Crippen molar-refractivity contribution in [1.29, 1.82) is 0 Å². The molecule has 0 aromatic heterocycles. The van der Waals surface area contributed by atoms with Crippen molar-refractivity contribution < 1.29 is 14.0 Å². The predicted octanol–water partition coefficient (Wildman–Crippen LogP) is 1.58. The Morgan fingerprint density at radius 3 is 2.74 bits per heavy atom. The minimum Gasteiger partial charge on any atom is -0.345 e. The fourth-order valence-corrected chi connectivity index (χ4v) is 2.79. The van der Waals surface area contributed by atoms with Gasteiger partial charge >= 0.3 is 0 Å².